The number of rotatable bonds is 4. The van der Waals surface area contributed by atoms with E-state index in [4.69, 9.17) is 17.3 Å². The molecule has 0 amide bonds. The van der Waals surface area contributed by atoms with Gasteiger partial charge in [0, 0.05) is 17.1 Å². The molecule has 0 saturated heterocycles. The average molecular weight is 313 g/mol. The molecule has 6 heteroatoms. The Morgan fingerprint density at radius 1 is 1.10 bits per heavy atom. The third-order valence-electron chi connectivity index (χ3n) is 2.74. The molecule has 0 fully saturated rings. The quantitative estimate of drug-likeness (QED) is 0.842. The highest BCUT2D eigenvalue weighted by atomic mass is 35.5. The Kier molecular flexibility index (Phi) is 4.52. The highest BCUT2D eigenvalue weighted by Crippen LogP contribution is 2.21. The Morgan fingerprint density at radius 2 is 1.75 bits per heavy atom. The van der Waals surface area contributed by atoms with Crippen molar-refractivity contribution in [3.63, 3.8) is 0 Å². The molecule has 0 radical (unpaired) electrons. The van der Waals surface area contributed by atoms with Gasteiger partial charge >= 0.3 is 0 Å². The van der Waals surface area contributed by atoms with Gasteiger partial charge in [-0.15, -0.1) is 0 Å². The summed E-state index contributed by atoms with van der Waals surface area (Å²) in [5, 5.41) is 3.43. The van der Waals surface area contributed by atoms with Gasteiger partial charge in [-0.25, -0.2) is 8.78 Å². The molecule has 2 aromatic rings. The molecular weight excluding hydrogens is 302 g/mol. The van der Waals surface area contributed by atoms with Crippen molar-refractivity contribution in [2.45, 2.75) is 6.54 Å². The van der Waals surface area contributed by atoms with Crippen molar-refractivity contribution in [2.24, 2.45) is 5.73 Å². The number of hydrogen-bond donors (Lipinski definition) is 2. The topological polar surface area (TPSA) is 38.0 Å². The number of halogens is 3. The van der Waals surface area contributed by atoms with Crippen molar-refractivity contribution < 1.29 is 8.78 Å². The maximum Gasteiger partial charge on any atom is 0.182 e. The van der Waals surface area contributed by atoms with Crippen molar-refractivity contribution in [2.75, 3.05) is 5.32 Å². The minimum atomic E-state index is -1.04. The van der Waals surface area contributed by atoms with E-state index in [9.17, 15) is 8.78 Å². The molecular formula is C14H11ClF2N2S. The van der Waals surface area contributed by atoms with Crippen LogP contribution in [-0.2, 0) is 6.54 Å². The van der Waals surface area contributed by atoms with Crippen LogP contribution in [-0.4, -0.2) is 4.99 Å². The van der Waals surface area contributed by atoms with E-state index in [2.05, 4.69) is 17.5 Å². The zero-order valence-corrected chi connectivity index (χ0v) is 11.9. The number of hydrogen-bond acceptors (Lipinski definition) is 2. The van der Waals surface area contributed by atoms with Crippen LogP contribution in [0.15, 0.2) is 36.4 Å². The van der Waals surface area contributed by atoms with Crippen LogP contribution in [0.5, 0.6) is 0 Å². The number of nitrogens with one attached hydrogen (secondary N) is 1. The van der Waals surface area contributed by atoms with Crippen molar-refractivity contribution in [1.29, 1.82) is 0 Å². The summed E-state index contributed by atoms with van der Waals surface area (Å²) in [5.41, 5.74) is 6.15. The zero-order chi connectivity index (χ0) is 14.7. The molecule has 0 aliphatic carbocycles. The summed E-state index contributed by atoms with van der Waals surface area (Å²) in [5.74, 6) is -2.04. The van der Waals surface area contributed by atoms with Gasteiger partial charge in [-0.05, 0) is 29.8 Å². The van der Waals surface area contributed by atoms with Gasteiger partial charge in [0.25, 0.3) is 0 Å². The SMILES string of the molecule is NC(=S)c1ccc(NCc2ccc(Cl)cc2)c(F)c1F. The van der Waals surface area contributed by atoms with Gasteiger partial charge in [-0.3, -0.25) is 0 Å². The van der Waals surface area contributed by atoms with Crippen molar-refractivity contribution in [3.8, 4) is 0 Å². The molecule has 2 nitrogen and oxygen atoms in total. The molecule has 104 valence electrons. The van der Waals surface area contributed by atoms with E-state index in [-0.39, 0.29) is 16.2 Å². The molecule has 0 heterocycles. The molecule has 0 saturated carbocycles. The summed E-state index contributed by atoms with van der Waals surface area (Å²) in [4.78, 5) is -0.175. The Labute approximate surface area is 125 Å². The van der Waals surface area contributed by atoms with E-state index in [0.29, 0.717) is 11.6 Å². The molecule has 0 unspecified atom stereocenters. The predicted octanol–water partition coefficient (Wildman–Crippen LogP) is 3.86. The van der Waals surface area contributed by atoms with E-state index >= 15 is 0 Å². The summed E-state index contributed by atoms with van der Waals surface area (Å²) in [7, 11) is 0. The van der Waals surface area contributed by atoms with Crippen LogP contribution in [0.4, 0.5) is 14.5 Å². The van der Waals surface area contributed by atoms with Crippen molar-refractivity contribution >= 4 is 34.5 Å². The van der Waals surface area contributed by atoms with E-state index in [1.807, 2.05) is 0 Å². The lowest BCUT2D eigenvalue weighted by molar-refractivity contribution is 0.509. The van der Waals surface area contributed by atoms with Gasteiger partial charge in [0.05, 0.1) is 5.69 Å². The van der Waals surface area contributed by atoms with Crippen LogP contribution in [0.3, 0.4) is 0 Å². The molecule has 0 spiro atoms. The lowest BCUT2D eigenvalue weighted by Crippen LogP contribution is -2.13. The molecule has 3 N–H and O–H groups in total. The van der Waals surface area contributed by atoms with Crippen molar-refractivity contribution in [1.82, 2.24) is 0 Å². The van der Waals surface area contributed by atoms with E-state index in [1.54, 1.807) is 24.3 Å². The van der Waals surface area contributed by atoms with Gasteiger partial charge < -0.3 is 11.1 Å². The Bertz CT molecular complexity index is 644. The van der Waals surface area contributed by atoms with E-state index in [1.165, 1.54) is 12.1 Å². The molecule has 20 heavy (non-hydrogen) atoms. The van der Waals surface area contributed by atoms with Crippen LogP contribution in [0.2, 0.25) is 5.02 Å². The van der Waals surface area contributed by atoms with Crippen LogP contribution >= 0.6 is 23.8 Å². The molecule has 2 aromatic carbocycles. The largest absolute Gasteiger partial charge is 0.389 e. The zero-order valence-electron chi connectivity index (χ0n) is 10.3. The highest BCUT2D eigenvalue weighted by Gasteiger charge is 2.14. The van der Waals surface area contributed by atoms with Crippen molar-refractivity contribution in [3.05, 3.63) is 64.2 Å². The normalized spacial score (nSPS) is 10.3. The number of benzene rings is 2. The maximum absolute atomic E-state index is 13.8. The Hall–Kier alpha value is -1.72. The van der Waals surface area contributed by atoms with Gasteiger partial charge in [0.15, 0.2) is 11.6 Å². The van der Waals surface area contributed by atoms with E-state index in [0.717, 1.165) is 5.56 Å². The summed E-state index contributed by atoms with van der Waals surface area (Å²) >= 11 is 10.4. The first kappa shape index (κ1) is 14.7. The molecule has 0 bridgehead atoms. The second kappa shape index (κ2) is 6.15. The van der Waals surface area contributed by atoms with Gasteiger partial charge in [-0.1, -0.05) is 36.0 Å². The first-order chi connectivity index (χ1) is 9.49. The second-order valence-electron chi connectivity index (χ2n) is 4.13. The lowest BCUT2D eigenvalue weighted by atomic mass is 10.1. The maximum atomic E-state index is 13.8. The fourth-order valence-electron chi connectivity index (χ4n) is 1.68. The Balaban J connectivity index is 2.16. The van der Waals surface area contributed by atoms with Crippen LogP contribution in [0.1, 0.15) is 11.1 Å². The first-order valence-electron chi connectivity index (χ1n) is 5.75. The third-order valence-corrected chi connectivity index (χ3v) is 3.22. The molecule has 0 aliphatic rings. The number of nitrogens with two attached hydrogens (primary N) is 1. The monoisotopic (exact) mass is 312 g/mol. The van der Waals surface area contributed by atoms with Crippen LogP contribution in [0, 0.1) is 11.6 Å². The van der Waals surface area contributed by atoms with Crippen LogP contribution in [0.25, 0.3) is 0 Å². The van der Waals surface area contributed by atoms with E-state index < -0.39 is 11.6 Å². The molecule has 0 aliphatic heterocycles. The summed E-state index contributed by atoms with van der Waals surface area (Å²) < 4.78 is 27.5. The molecule has 0 aromatic heterocycles. The lowest BCUT2D eigenvalue weighted by Gasteiger charge is -2.10. The third kappa shape index (κ3) is 3.23. The predicted molar refractivity (Wildman–Crippen MR) is 81.0 cm³/mol. The number of thiocarbonyl (C=S) groups is 1. The smallest absolute Gasteiger partial charge is 0.182 e. The molecule has 0 atom stereocenters. The Morgan fingerprint density at radius 3 is 2.35 bits per heavy atom. The fraction of sp³-hybridized carbons (Fsp3) is 0.0714. The first-order valence-corrected chi connectivity index (χ1v) is 6.54. The minimum absolute atomic E-state index is 0.0532. The highest BCUT2D eigenvalue weighted by molar-refractivity contribution is 7.80. The van der Waals surface area contributed by atoms with Gasteiger partial charge in [-0.2, -0.15) is 0 Å². The van der Waals surface area contributed by atoms with Crippen LogP contribution < -0.4 is 11.1 Å². The minimum Gasteiger partial charge on any atom is -0.389 e. The molecule has 2 rings (SSSR count). The summed E-state index contributed by atoms with van der Waals surface area (Å²) in [6, 6.07) is 9.81. The number of anilines is 1. The fourth-order valence-corrected chi connectivity index (χ4v) is 1.96. The average Bonchev–Trinajstić information content (AvgIpc) is 2.42. The summed E-state index contributed by atoms with van der Waals surface area (Å²) in [6.45, 7) is 0.347. The summed E-state index contributed by atoms with van der Waals surface area (Å²) in [6.07, 6.45) is 0. The van der Waals surface area contributed by atoms with Gasteiger partial charge in [0.1, 0.15) is 4.99 Å². The van der Waals surface area contributed by atoms with Gasteiger partial charge in [0.2, 0.25) is 0 Å². The standard InChI is InChI=1S/C14H11ClF2N2S/c15-9-3-1-8(2-4-9)7-19-11-6-5-10(14(18)20)12(16)13(11)17/h1-6,19H,7H2,(H2,18,20). The second-order valence-corrected chi connectivity index (χ2v) is 5.01.